The molecule has 0 radical (unpaired) electrons. The maximum atomic E-state index is 12.4. The van der Waals surface area contributed by atoms with E-state index >= 15 is 0 Å². The van der Waals surface area contributed by atoms with E-state index in [0.717, 1.165) is 26.2 Å². The minimum absolute atomic E-state index is 0.101. The minimum Gasteiger partial charge on any atom is -0.353 e. The lowest BCUT2D eigenvalue weighted by atomic mass is 10.1. The number of amides is 4. The SMILES string of the molecule is CC(=O)N1CCN(CCNC(=O)C(C)(C)NC(=O)Nc2ccccc2)CC1. The Morgan fingerprint density at radius 2 is 1.67 bits per heavy atom. The summed E-state index contributed by atoms with van der Waals surface area (Å²) in [6, 6.07) is 8.63. The van der Waals surface area contributed by atoms with Gasteiger partial charge in [0.25, 0.3) is 0 Å². The molecule has 148 valence electrons. The summed E-state index contributed by atoms with van der Waals surface area (Å²) in [6.45, 7) is 9.16. The first kappa shape index (κ1) is 20.7. The van der Waals surface area contributed by atoms with Crippen LogP contribution in [0.4, 0.5) is 10.5 Å². The Balaban J connectivity index is 1.71. The molecule has 8 heteroatoms. The van der Waals surface area contributed by atoms with E-state index in [0.29, 0.717) is 18.8 Å². The van der Waals surface area contributed by atoms with Gasteiger partial charge in [0, 0.05) is 51.9 Å². The second-order valence-corrected chi connectivity index (χ2v) is 7.17. The summed E-state index contributed by atoms with van der Waals surface area (Å²) in [7, 11) is 0. The molecule has 1 saturated heterocycles. The zero-order valence-electron chi connectivity index (χ0n) is 16.2. The highest BCUT2D eigenvalue weighted by Gasteiger charge is 2.29. The van der Waals surface area contributed by atoms with Gasteiger partial charge in [-0.1, -0.05) is 18.2 Å². The van der Waals surface area contributed by atoms with Crippen molar-refractivity contribution in [3.63, 3.8) is 0 Å². The van der Waals surface area contributed by atoms with Crippen LogP contribution in [0, 0.1) is 0 Å². The number of piperazine rings is 1. The van der Waals surface area contributed by atoms with E-state index in [4.69, 9.17) is 0 Å². The average Bonchev–Trinajstić information content (AvgIpc) is 2.62. The molecule has 0 spiro atoms. The molecule has 1 heterocycles. The van der Waals surface area contributed by atoms with Crippen LogP contribution in [0.3, 0.4) is 0 Å². The van der Waals surface area contributed by atoms with E-state index in [1.165, 1.54) is 0 Å². The normalized spacial score (nSPS) is 15.1. The van der Waals surface area contributed by atoms with Gasteiger partial charge in [-0.3, -0.25) is 14.5 Å². The van der Waals surface area contributed by atoms with Crippen molar-refractivity contribution in [2.24, 2.45) is 0 Å². The van der Waals surface area contributed by atoms with E-state index in [9.17, 15) is 14.4 Å². The van der Waals surface area contributed by atoms with E-state index in [2.05, 4.69) is 20.9 Å². The number of hydrogen-bond acceptors (Lipinski definition) is 4. The number of nitrogens with one attached hydrogen (secondary N) is 3. The number of urea groups is 1. The summed E-state index contributed by atoms with van der Waals surface area (Å²) in [5.74, 6) is -0.141. The molecule has 1 aliphatic heterocycles. The van der Waals surface area contributed by atoms with Crippen molar-refractivity contribution in [3.8, 4) is 0 Å². The Morgan fingerprint density at radius 3 is 2.26 bits per heavy atom. The van der Waals surface area contributed by atoms with E-state index in [1.807, 2.05) is 23.1 Å². The highest BCUT2D eigenvalue weighted by molar-refractivity contribution is 5.95. The molecule has 1 aliphatic rings. The van der Waals surface area contributed by atoms with Crippen molar-refractivity contribution in [1.29, 1.82) is 0 Å². The van der Waals surface area contributed by atoms with E-state index in [-0.39, 0.29) is 11.8 Å². The first-order chi connectivity index (χ1) is 12.8. The smallest absolute Gasteiger partial charge is 0.320 e. The average molecular weight is 375 g/mol. The van der Waals surface area contributed by atoms with Crippen LogP contribution in [0.2, 0.25) is 0 Å². The van der Waals surface area contributed by atoms with Crippen LogP contribution >= 0.6 is 0 Å². The van der Waals surface area contributed by atoms with Gasteiger partial charge in [-0.25, -0.2) is 4.79 Å². The van der Waals surface area contributed by atoms with Gasteiger partial charge < -0.3 is 20.9 Å². The monoisotopic (exact) mass is 375 g/mol. The standard InChI is InChI=1S/C19H29N5O3/c1-15(25)24-13-11-23(12-14-24)10-9-20-17(26)19(2,3)22-18(27)21-16-7-5-4-6-8-16/h4-8H,9-14H2,1-3H3,(H,20,26)(H2,21,22,27). The predicted molar refractivity (Wildman–Crippen MR) is 104 cm³/mol. The van der Waals surface area contributed by atoms with Crippen molar-refractivity contribution >= 4 is 23.5 Å². The molecule has 1 aromatic rings. The largest absolute Gasteiger partial charge is 0.353 e. The Morgan fingerprint density at radius 1 is 1.04 bits per heavy atom. The number of hydrogen-bond donors (Lipinski definition) is 3. The van der Waals surface area contributed by atoms with Crippen LogP contribution in [0.15, 0.2) is 30.3 Å². The molecule has 4 amide bonds. The van der Waals surface area contributed by atoms with Crippen molar-refractivity contribution in [1.82, 2.24) is 20.4 Å². The maximum absolute atomic E-state index is 12.4. The Labute approximate surface area is 160 Å². The van der Waals surface area contributed by atoms with E-state index in [1.54, 1.807) is 32.9 Å². The summed E-state index contributed by atoms with van der Waals surface area (Å²) in [5.41, 5.74) is -0.373. The maximum Gasteiger partial charge on any atom is 0.320 e. The van der Waals surface area contributed by atoms with Crippen LogP contribution in [0.1, 0.15) is 20.8 Å². The minimum atomic E-state index is -1.04. The van der Waals surface area contributed by atoms with Crippen molar-refractivity contribution in [2.75, 3.05) is 44.6 Å². The zero-order chi connectivity index (χ0) is 19.9. The number of carbonyl (C=O) groups is 3. The Bertz CT molecular complexity index is 655. The number of rotatable bonds is 6. The zero-order valence-corrected chi connectivity index (χ0v) is 16.2. The highest BCUT2D eigenvalue weighted by atomic mass is 16.2. The number of anilines is 1. The molecule has 8 nitrogen and oxygen atoms in total. The first-order valence-electron chi connectivity index (χ1n) is 9.18. The van der Waals surface area contributed by atoms with Crippen LogP contribution in [-0.4, -0.2) is 72.5 Å². The van der Waals surface area contributed by atoms with Crippen molar-refractivity contribution in [2.45, 2.75) is 26.3 Å². The van der Waals surface area contributed by atoms with Gasteiger partial charge in [-0.15, -0.1) is 0 Å². The van der Waals surface area contributed by atoms with E-state index < -0.39 is 11.6 Å². The van der Waals surface area contributed by atoms with Gasteiger partial charge >= 0.3 is 6.03 Å². The van der Waals surface area contributed by atoms with Gasteiger partial charge in [-0.05, 0) is 26.0 Å². The first-order valence-corrected chi connectivity index (χ1v) is 9.18. The number of carbonyl (C=O) groups excluding carboxylic acids is 3. The summed E-state index contributed by atoms with van der Waals surface area (Å²) < 4.78 is 0. The second-order valence-electron chi connectivity index (χ2n) is 7.17. The molecule has 0 atom stereocenters. The summed E-state index contributed by atoms with van der Waals surface area (Å²) in [5, 5.41) is 8.26. The van der Waals surface area contributed by atoms with Crippen LogP contribution in [0.5, 0.6) is 0 Å². The lowest BCUT2D eigenvalue weighted by molar-refractivity contribution is -0.130. The lowest BCUT2D eigenvalue weighted by Crippen LogP contribution is -2.57. The van der Waals surface area contributed by atoms with Gasteiger partial charge in [0.15, 0.2) is 0 Å². The Kier molecular flexibility index (Phi) is 7.18. The quantitative estimate of drug-likeness (QED) is 0.688. The predicted octanol–water partition coefficient (Wildman–Crippen LogP) is 0.867. The lowest BCUT2D eigenvalue weighted by Gasteiger charge is -2.34. The third-order valence-corrected chi connectivity index (χ3v) is 4.56. The molecule has 0 saturated carbocycles. The highest BCUT2D eigenvalue weighted by Crippen LogP contribution is 2.07. The molecule has 2 rings (SSSR count). The molecule has 0 unspecified atom stereocenters. The van der Waals surface area contributed by atoms with Crippen molar-refractivity contribution < 1.29 is 14.4 Å². The second kappa shape index (κ2) is 9.36. The van der Waals surface area contributed by atoms with Crippen molar-refractivity contribution in [3.05, 3.63) is 30.3 Å². The summed E-state index contributed by atoms with van der Waals surface area (Å²) in [4.78, 5) is 39.9. The molecule has 0 bridgehead atoms. The molecule has 0 aliphatic carbocycles. The van der Waals surface area contributed by atoms with Gasteiger partial charge in [-0.2, -0.15) is 0 Å². The summed E-state index contributed by atoms with van der Waals surface area (Å²) in [6.07, 6.45) is 0. The fraction of sp³-hybridized carbons (Fsp3) is 0.526. The summed E-state index contributed by atoms with van der Waals surface area (Å²) >= 11 is 0. The molecule has 0 aromatic heterocycles. The molecule has 3 N–H and O–H groups in total. The topological polar surface area (TPSA) is 93.8 Å². The third kappa shape index (κ3) is 6.56. The van der Waals surface area contributed by atoms with Gasteiger partial charge in [0.2, 0.25) is 11.8 Å². The van der Waals surface area contributed by atoms with Gasteiger partial charge in [0.1, 0.15) is 5.54 Å². The molecule has 1 aromatic carbocycles. The molecule has 1 fully saturated rings. The number of benzene rings is 1. The molecule has 27 heavy (non-hydrogen) atoms. The van der Waals surface area contributed by atoms with Crippen LogP contribution < -0.4 is 16.0 Å². The molecular weight excluding hydrogens is 346 g/mol. The fourth-order valence-electron chi connectivity index (χ4n) is 2.86. The number of nitrogens with zero attached hydrogens (tertiary/aromatic N) is 2. The number of para-hydroxylation sites is 1. The van der Waals surface area contributed by atoms with Crippen LogP contribution in [-0.2, 0) is 9.59 Å². The third-order valence-electron chi connectivity index (χ3n) is 4.56. The van der Waals surface area contributed by atoms with Crippen LogP contribution in [0.25, 0.3) is 0 Å². The fourth-order valence-corrected chi connectivity index (χ4v) is 2.86. The molecular formula is C19H29N5O3. The van der Waals surface area contributed by atoms with Gasteiger partial charge in [0.05, 0.1) is 0 Å². The Hall–Kier alpha value is -2.61.